The summed E-state index contributed by atoms with van der Waals surface area (Å²) in [6.07, 6.45) is 9.49. The van der Waals surface area contributed by atoms with E-state index in [0.29, 0.717) is 12.0 Å². The highest BCUT2D eigenvalue weighted by Gasteiger charge is 2.50. The Hall–Kier alpha value is -0.610. The van der Waals surface area contributed by atoms with Gasteiger partial charge in [-0.15, -0.1) is 0 Å². The average Bonchev–Trinajstić information content (AvgIpc) is 2.84. The molecule has 0 amide bonds. The summed E-state index contributed by atoms with van der Waals surface area (Å²) in [5.74, 6) is 2.04. The molecule has 0 aromatic heterocycles. The van der Waals surface area contributed by atoms with Gasteiger partial charge in [-0.05, 0) is 69.1 Å². The van der Waals surface area contributed by atoms with Gasteiger partial charge < -0.3 is 15.2 Å². The van der Waals surface area contributed by atoms with Gasteiger partial charge in [0.1, 0.15) is 0 Å². The normalized spacial score (nSPS) is 49.7. The van der Waals surface area contributed by atoms with E-state index >= 15 is 0 Å². The fraction of sp³-hybridized carbons (Fsp3) is 0.938. The van der Waals surface area contributed by atoms with Crippen LogP contribution < -0.4 is 5.32 Å². The molecule has 5 aliphatic rings. The molecule has 2 atom stereocenters. The van der Waals surface area contributed by atoms with Crippen molar-refractivity contribution >= 4 is 5.97 Å². The summed E-state index contributed by atoms with van der Waals surface area (Å²) >= 11 is 0. The molecule has 1 heterocycles. The van der Waals surface area contributed by atoms with Gasteiger partial charge in [0.05, 0.1) is 6.10 Å². The predicted molar refractivity (Wildman–Crippen MR) is 74.4 cm³/mol. The van der Waals surface area contributed by atoms with Crippen molar-refractivity contribution in [3.8, 4) is 0 Å². The molecule has 0 spiro atoms. The fourth-order valence-corrected chi connectivity index (χ4v) is 5.70. The summed E-state index contributed by atoms with van der Waals surface area (Å²) in [5, 5.41) is 12.8. The maximum absolute atomic E-state index is 10.9. The summed E-state index contributed by atoms with van der Waals surface area (Å²) in [6, 6.07) is 0. The molecule has 0 aromatic rings. The highest BCUT2D eigenvalue weighted by atomic mass is 16.5. The summed E-state index contributed by atoms with van der Waals surface area (Å²) in [6.45, 7) is 0.843. The first-order chi connectivity index (χ1) is 9.62. The van der Waals surface area contributed by atoms with E-state index in [1.165, 1.54) is 38.5 Å². The minimum atomic E-state index is -0.803. The molecule has 5 rings (SSSR count). The number of nitrogens with one attached hydrogen (secondary N) is 1. The van der Waals surface area contributed by atoms with Crippen molar-refractivity contribution in [2.75, 3.05) is 6.54 Å². The molecule has 1 saturated heterocycles. The van der Waals surface area contributed by atoms with E-state index < -0.39 is 12.1 Å². The van der Waals surface area contributed by atoms with Crippen LogP contribution in [-0.2, 0) is 9.53 Å². The summed E-state index contributed by atoms with van der Waals surface area (Å²) in [7, 11) is 0. The minimum Gasteiger partial charge on any atom is -0.479 e. The molecule has 2 N–H and O–H groups in total. The highest BCUT2D eigenvalue weighted by Crippen LogP contribution is 2.55. The average molecular weight is 279 g/mol. The Morgan fingerprint density at radius 1 is 1.10 bits per heavy atom. The summed E-state index contributed by atoms with van der Waals surface area (Å²) in [5.41, 5.74) is 0.361. The van der Waals surface area contributed by atoms with Crippen molar-refractivity contribution < 1.29 is 14.6 Å². The van der Waals surface area contributed by atoms with Crippen molar-refractivity contribution in [3.05, 3.63) is 0 Å². The zero-order valence-electron chi connectivity index (χ0n) is 12.0. The smallest absolute Gasteiger partial charge is 0.332 e. The minimum absolute atomic E-state index is 0.101. The SMILES string of the molecule is O=C(O)C1CCC(CNC23CC4CC(CC(C4)C2)C3)O1. The van der Waals surface area contributed by atoms with Gasteiger partial charge in [-0.2, -0.15) is 0 Å². The molecule has 20 heavy (non-hydrogen) atoms. The van der Waals surface area contributed by atoms with Crippen molar-refractivity contribution in [1.29, 1.82) is 0 Å². The van der Waals surface area contributed by atoms with E-state index in [0.717, 1.165) is 30.7 Å². The van der Waals surface area contributed by atoms with E-state index in [-0.39, 0.29) is 6.10 Å². The lowest BCUT2D eigenvalue weighted by atomic mass is 9.53. The van der Waals surface area contributed by atoms with Crippen molar-refractivity contribution in [1.82, 2.24) is 5.32 Å². The Bertz CT molecular complexity index is 373. The largest absolute Gasteiger partial charge is 0.479 e. The van der Waals surface area contributed by atoms with Crippen LogP contribution in [0.4, 0.5) is 0 Å². The van der Waals surface area contributed by atoms with Gasteiger partial charge in [0, 0.05) is 12.1 Å². The van der Waals surface area contributed by atoms with Crippen molar-refractivity contribution in [2.45, 2.75) is 69.1 Å². The third-order valence-corrected chi connectivity index (χ3v) is 6.13. The molecule has 2 unspecified atom stereocenters. The monoisotopic (exact) mass is 279 g/mol. The molecule has 5 fully saturated rings. The second kappa shape index (κ2) is 4.70. The number of ether oxygens (including phenoxy) is 1. The van der Waals surface area contributed by atoms with Gasteiger partial charge in [0.2, 0.25) is 0 Å². The zero-order valence-corrected chi connectivity index (χ0v) is 12.0. The second-order valence-electron chi connectivity index (χ2n) is 7.74. The predicted octanol–water partition coefficient (Wildman–Crippen LogP) is 2.18. The third kappa shape index (κ3) is 2.27. The summed E-state index contributed by atoms with van der Waals surface area (Å²) < 4.78 is 5.62. The Morgan fingerprint density at radius 3 is 2.20 bits per heavy atom. The number of rotatable bonds is 4. The van der Waals surface area contributed by atoms with E-state index in [9.17, 15) is 4.79 Å². The molecule has 112 valence electrons. The zero-order chi connectivity index (χ0) is 13.7. The second-order valence-corrected chi connectivity index (χ2v) is 7.74. The van der Waals surface area contributed by atoms with Crippen LogP contribution in [0.2, 0.25) is 0 Å². The van der Waals surface area contributed by atoms with E-state index in [4.69, 9.17) is 9.84 Å². The van der Waals surface area contributed by atoms with Crippen LogP contribution in [0.15, 0.2) is 0 Å². The lowest BCUT2D eigenvalue weighted by Crippen LogP contribution is -2.59. The van der Waals surface area contributed by atoms with Gasteiger partial charge >= 0.3 is 5.97 Å². The van der Waals surface area contributed by atoms with Gasteiger partial charge in [-0.1, -0.05) is 0 Å². The lowest BCUT2D eigenvalue weighted by Gasteiger charge is -2.57. The van der Waals surface area contributed by atoms with E-state index in [1.807, 2.05) is 0 Å². The molecule has 4 nitrogen and oxygen atoms in total. The molecule has 0 aromatic carbocycles. The molecule has 4 bridgehead atoms. The van der Waals surface area contributed by atoms with Gasteiger partial charge in [-0.3, -0.25) is 0 Å². The maximum Gasteiger partial charge on any atom is 0.332 e. The first-order valence-corrected chi connectivity index (χ1v) is 8.25. The van der Waals surface area contributed by atoms with Crippen LogP contribution in [0.1, 0.15) is 51.4 Å². The molecular weight excluding hydrogens is 254 g/mol. The maximum atomic E-state index is 10.9. The fourth-order valence-electron chi connectivity index (χ4n) is 5.70. The van der Waals surface area contributed by atoms with Crippen molar-refractivity contribution in [2.24, 2.45) is 17.8 Å². The highest BCUT2D eigenvalue weighted by molar-refractivity contribution is 5.72. The molecule has 4 saturated carbocycles. The topological polar surface area (TPSA) is 58.6 Å². The number of aliphatic carboxylic acids is 1. The molecule has 1 aliphatic heterocycles. The molecule has 4 heteroatoms. The first-order valence-electron chi connectivity index (χ1n) is 8.25. The summed E-state index contributed by atoms with van der Waals surface area (Å²) in [4.78, 5) is 10.9. The Balaban J connectivity index is 1.35. The van der Waals surface area contributed by atoms with E-state index in [1.54, 1.807) is 0 Å². The van der Waals surface area contributed by atoms with Crippen LogP contribution in [0, 0.1) is 17.8 Å². The molecular formula is C16H25NO3. The standard InChI is InChI=1S/C16H25NO3/c18-15(19)14-2-1-13(20-14)9-17-16-6-10-3-11(7-16)5-12(4-10)8-16/h10-14,17H,1-9H2,(H,18,19). The quantitative estimate of drug-likeness (QED) is 0.828. The van der Waals surface area contributed by atoms with Crippen LogP contribution in [0.25, 0.3) is 0 Å². The first kappa shape index (κ1) is 13.1. The third-order valence-electron chi connectivity index (χ3n) is 6.13. The lowest BCUT2D eigenvalue weighted by molar-refractivity contribution is -0.149. The van der Waals surface area contributed by atoms with Crippen LogP contribution >= 0.6 is 0 Å². The van der Waals surface area contributed by atoms with Crippen molar-refractivity contribution in [3.63, 3.8) is 0 Å². The van der Waals surface area contributed by atoms with Crippen LogP contribution in [-0.4, -0.2) is 35.4 Å². The van der Waals surface area contributed by atoms with Gasteiger partial charge in [-0.25, -0.2) is 4.79 Å². The van der Waals surface area contributed by atoms with Gasteiger partial charge in [0.15, 0.2) is 6.10 Å². The number of carbonyl (C=O) groups is 1. The Morgan fingerprint density at radius 2 is 1.70 bits per heavy atom. The number of carboxylic acid groups (broad SMARTS) is 1. The number of hydrogen-bond acceptors (Lipinski definition) is 3. The van der Waals surface area contributed by atoms with E-state index in [2.05, 4.69) is 5.32 Å². The Labute approximate surface area is 120 Å². The van der Waals surface area contributed by atoms with Crippen LogP contribution in [0.3, 0.4) is 0 Å². The van der Waals surface area contributed by atoms with Gasteiger partial charge in [0.25, 0.3) is 0 Å². The van der Waals surface area contributed by atoms with Crippen LogP contribution in [0.5, 0.6) is 0 Å². The molecule has 0 radical (unpaired) electrons. The number of carboxylic acids is 1. The Kier molecular flexibility index (Phi) is 3.08. The molecule has 4 aliphatic carbocycles. The number of hydrogen-bond donors (Lipinski definition) is 2.